The first kappa shape index (κ1) is 20.5. The molecule has 1 amide bonds. The normalized spacial score (nSPS) is 15.6. The Morgan fingerprint density at radius 1 is 1.36 bits per heavy atom. The van der Waals surface area contributed by atoms with Crippen LogP contribution in [0.25, 0.3) is 11.0 Å². The molecule has 9 heteroatoms. The van der Waals surface area contributed by atoms with E-state index < -0.39 is 10.0 Å². The van der Waals surface area contributed by atoms with Crippen molar-refractivity contribution in [3.63, 3.8) is 0 Å². The maximum Gasteiger partial charge on any atom is 0.243 e. The van der Waals surface area contributed by atoms with Gasteiger partial charge in [0.25, 0.3) is 0 Å². The zero-order chi connectivity index (χ0) is 20.1. The average molecular weight is 407 g/mol. The number of aromatic nitrogens is 2. The van der Waals surface area contributed by atoms with Crippen molar-refractivity contribution in [2.24, 2.45) is 0 Å². The molecule has 28 heavy (non-hydrogen) atoms. The van der Waals surface area contributed by atoms with E-state index in [4.69, 9.17) is 4.74 Å². The Kier molecular flexibility index (Phi) is 6.48. The number of hydrogen-bond donors (Lipinski definition) is 1. The number of carbonyl (C=O) groups is 1. The van der Waals surface area contributed by atoms with Crippen LogP contribution in [-0.2, 0) is 32.5 Å². The van der Waals surface area contributed by atoms with Crippen molar-refractivity contribution in [2.75, 3.05) is 32.8 Å². The van der Waals surface area contributed by atoms with E-state index in [1.54, 1.807) is 24.3 Å². The van der Waals surface area contributed by atoms with Gasteiger partial charge in [-0.2, -0.15) is 4.31 Å². The molecule has 0 radical (unpaired) electrons. The Morgan fingerprint density at radius 2 is 2.11 bits per heavy atom. The number of amides is 1. The summed E-state index contributed by atoms with van der Waals surface area (Å²) >= 11 is 0. The minimum atomic E-state index is -3.57. The molecule has 1 N–H and O–H groups in total. The molecule has 0 spiro atoms. The predicted octanol–water partition coefficient (Wildman–Crippen LogP) is 1.31. The molecule has 1 aromatic heterocycles. The number of benzene rings is 1. The lowest BCUT2D eigenvalue weighted by atomic mass is 10.2. The summed E-state index contributed by atoms with van der Waals surface area (Å²) in [6.07, 6.45) is 2.43. The Morgan fingerprint density at radius 3 is 2.79 bits per heavy atom. The van der Waals surface area contributed by atoms with Crippen LogP contribution in [0.15, 0.2) is 35.7 Å². The number of fused-ring (bicyclic) bond motifs is 1. The maximum atomic E-state index is 12.9. The van der Waals surface area contributed by atoms with Crippen LogP contribution in [0, 0.1) is 0 Å². The van der Waals surface area contributed by atoms with Crippen molar-refractivity contribution >= 4 is 27.0 Å². The van der Waals surface area contributed by atoms with E-state index in [0.29, 0.717) is 57.8 Å². The number of rotatable bonds is 8. The number of ether oxygens (including phenoxy) is 1. The van der Waals surface area contributed by atoms with E-state index in [0.717, 1.165) is 11.3 Å². The summed E-state index contributed by atoms with van der Waals surface area (Å²) in [5, 5.41) is 2.75. The number of morpholine rings is 1. The van der Waals surface area contributed by atoms with Gasteiger partial charge in [-0.1, -0.05) is 6.08 Å². The molecule has 8 nitrogen and oxygen atoms in total. The Balaban J connectivity index is 1.86. The lowest BCUT2D eigenvalue weighted by Crippen LogP contribution is -2.40. The molecule has 2 heterocycles. The molecule has 1 fully saturated rings. The van der Waals surface area contributed by atoms with Gasteiger partial charge in [0.1, 0.15) is 5.82 Å². The highest BCUT2D eigenvalue weighted by Crippen LogP contribution is 2.24. The molecule has 152 valence electrons. The molecule has 1 aliphatic heterocycles. The van der Waals surface area contributed by atoms with Gasteiger partial charge in [-0.25, -0.2) is 13.4 Å². The lowest BCUT2D eigenvalue weighted by Gasteiger charge is -2.26. The van der Waals surface area contributed by atoms with Crippen molar-refractivity contribution in [1.82, 2.24) is 19.2 Å². The second-order valence-electron chi connectivity index (χ2n) is 6.53. The summed E-state index contributed by atoms with van der Waals surface area (Å²) < 4.78 is 34.5. The highest BCUT2D eigenvalue weighted by atomic mass is 32.2. The third-order valence-corrected chi connectivity index (χ3v) is 6.64. The number of hydrogen-bond acceptors (Lipinski definition) is 5. The summed E-state index contributed by atoms with van der Waals surface area (Å²) in [4.78, 5) is 16.7. The van der Waals surface area contributed by atoms with Gasteiger partial charge in [0.05, 0.1) is 29.1 Å². The lowest BCUT2D eigenvalue weighted by molar-refractivity contribution is -0.120. The number of imidazole rings is 1. The standard InChI is InChI=1S/C19H26N4O4S/c1-3-9-20-19(24)8-7-18-21-16-14-15(5-6-17(16)23(18)4-2)28(25,26)22-10-12-27-13-11-22/h3,5-6,14H,1,4,7-13H2,2H3,(H,20,24). The van der Waals surface area contributed by atoms with Gasteiger partial charge >= 0.3 is 0 Å². The van der Waals surface area contributed by atoms with Crippen molar-refractivity contribution in [2.45, 2.75) is 31.2 Å². The van der Waals surface area contributed by atoms with Crippen LogP contribution < -0.4 is 5.32 Å². The summed E-state index contributed by atoms with van der Waals surface area (Å²) in [6, 6.07) is 5.04. The third kappa shape index (κ3) is 4.26. The molecule has 2 aromatic rings. The van der Waals surface area contributed by atoms with Crippen LogP contribution in [-0.4, -0.2) is 61.0 Å². The SMILES string of the molecule is C=CCNC(=O)CCc1nc2cc(S(=O)(=O)N3CCOCC3)ccc2n1CC. The summed E-state index contributed by atoms with van der Waals surface area (Å²) in [5.74, 6) is 0.706. The molecule has 0 bridgehead atoms. The topological polar surface area (TPSA) is 93.5 Å². The summed E-state index contributed by atoms with van der Waals surface area (Å²) in [7, 11) is -3.57. The quantitative estimate of drug-likeness (QED) is 0.667. The van der Waals surface area contributed by atoms with Gasteiger partial charge in [-0.3, -0.25) is 4.79 Å². The second-order valence-corrected chi connectivity index (χ2v) is 8.47. The van der Waals surface area contributed by atoms with Crippen LogP contribution in [0.3, 0.4) is 0 Å². The number of sulfonamides is 1. The highest BCUT2D eigenvalue weighted by molar-refractivity contribution is 7.89. The molecule has 1 aliphatic rings. The molecular formula is C19H26N4O4S. The van der Waals surface area contributed by atoms with Crippen LogP contribution in [0.5, 0.6) is 0 Å². The fourth-order valence-corrected chi connectivity index (χ4v) is 4.73. The van der Waals surface area contributed by atoms with E-state index in [-0.39, 0.29) is 10.8 Å². The van der Waals surface area contributed by atoms with Gasteiger partial charge in [-0.15, -0.1) is 6.58 Å². The number of nitrogens with one attached hydrogen (secondary N) is 1. The fourth-order valence-electron chi connectivity index (χ4n) is 3.30. The molecular weight excluding hydrogens is 380 g/mol. The first-order valence-corrected chi connectivity index (χ1v) is 10.9. The van der Waals surface area contributed by atoms with Crippen LogP contribution in [0.4, 0.5) is 0 Å². The van der Waals surface area contributed by atoms with E-state index in [9.17, 15) is 13.2 Å². The zero-order valence-corrected chi connectivity index (χ0v) is 16.9. The second kappa shape index (κ2) is 8.85. The van der Waals surface area contributed by atoms with Gasteiger partial charge < -0.3 is 14.6 Å². The first-order chi connectivity index (χ1) is 13.5. The number of aryl methyl sites for hydroxylation is 2. The summed E-state index contributed by atoms with van der Waals surface area (Å²) in [6.45, 7) is 8.23. The molecule has 0 aliphatic carbocycles. The maximum absolute atomic E-state index is 12.9. The Bertz CT molecular complexity index is 962. The van der Waals surface area contributed by atoms with Crippen molar-refractivity contribution < 1.29 is 17.9 Å². The van der Waals surface area contributed by atoms with Crippen LogP contribution in [0.1, 0.15) is 19.2 Å². The molecule has 0 atom stereocenters. The fraction of sp³-hybridized carbons (Fsp3) is 0.474. The largest absolute Gasteiger partial charge is 0.379 e. The molecule has 1 aromatic carbocycles. The van der Waals surface area contributed by atoms with Gasteiger partial charge in [0.15, 0.2) is 0 Å². The smallest absolute Gasteiger partial charge is 0.243 e. The van der Waals surface area contributed by atoms with Crippen molar-refractivity contribution in [3.8, 4) is 0 Å². The number of nitrogens with zero attached hydrogens (tertiary/aromatic N) is 3. The van der Waals surface area contributed by atoms with E-state index >= 15 is 0 Å². The molecule has 0 unspecified atom stereocenters. The molecule has 0 saturated carbocycles. The highest BCUT2D eigenvalue weighted by Gasteiger charge is 2.27. The van der Waals surface area contributed by atoms with Gasteiger partial charge in [0.2, 0.25) is 15.9 Å². The van der Waals surface area contributed by atoms with Gasteiger partial charge in [0, 0.05) is 39.0 Å². The zero-order valence-electron chi connectivity index (χ0n) is 16.1. The van der Waals surface area contributed by atoms with E-state index in [2.05, 4.69) is 16.9 Å². The van der Waals surface area contributed by atoms with Crippen molar-refractivity contribution in [3.05, 3.63) is 36.7 Å². The summed E-state index contributed by atoms with van der Waals surface area (Å²) in [5.41, 5.74) is 1.49. The van der Waals surface area contributed by atoms with Crippen LogP contribution in [0.2, 0.25) is 0 Å². The van der Waals surface area contributed by atoms with Crippen LogP contribution >= 0.6 is 0 Å². The minimum absolute atomic E-state index is 0.0646. The monoisotopic (exact) mass is 406 g/mol. The molecule has 3 rings (SSSR count). The molecule has 1 saturated heterocycles. The van der Waals surface area contributed by atoms with E-state index in [1.807, 2.05) is 11.5 Å². The Hall–Kier alpha value is -2.23. The average Bonchev–Trinajstić information content (AvgIpc) is 3.08. The van der Waals surface area contributed by atoms with Gasteiger partial charge in [-0.05, 0) is 25.1 Å². The first-order valence-electron chi connectivity index (χ1n) is 9.42. The third-order valence-electron chi connectivity index (χ3n) is 4.74. The predicted molar refractivity (Wildman–Crippen MR) is 107 cm³/mol. The Labute approximate surface area is 165 Å². The minimum Gasteiger partial charge on any atom is -0.379 e. The van der Waals surface area contributed by atoms with E-state index in [1.165, 1.54) is 4.31 Å². The number of carbonyl (C=O) groups excluding carboxylic acids is 1. The van der Waals surface area contributed by atoms with Crippen molar-refractivity contribution in [1.29, 1.82) is 0 Å².